The number of hydrogen-bond donors (Lipinski definition) is 1. The number of amides is 1. The topological polar surface area (TPSA) is 77.1 Å². The number of hydrogen-bond acceptors (Lipinski definition) is 4. The van der Waals surface area contributed by atoms with Gasteiger partial charge in [0.05, 0.1) is 12.2 Å². The highest BCUT2D eigenvalue weighted by molar-refractivity contribution is 5.94. The number of carbonyl (C=O) groups excluding carboxylic acids is 1. The monoisotopic (exact) mass is 405 g/mol. The smallest absolute Gasteiger partial charge is 0.258 e. The van der Waals surface area contributed by atoms with E-state index in [1.165, 1.54) is 0 Å². The molecule has 0 saturated heterocycles. The molecule has 6 heteroatoms. The first kappa shape index (κ1) is 21.3. The molecule has 0 saturated carbocycles. The van der Waals surface area contributed by atoms with Gasteiger partial charge in [-0.1, -0.05) is 36.4 Å². The van der Waals surface area contributed by atoms with Gasteiger partial charge < -0.3 is 14.4 Å². The van der Waals surface area contributed by atoms with Crippen molar-refractivity contribution in [1.82, 2.24) is 15.0 Å². The lowest BCUT2D eigenvalue weighted by molar-refractivity contribution is 0.0963. The van der Waals surface area contributed by atoms with E-state index < -0.39 is 0 Å². The fraction of sp³-hybridized carbons (Fsp3) is 0.292. The Morgan fingerprint density at radius 1 is 1.33 bits per heavy atom. The molecule has 0 aliphatic heterocycles. The van der Waals surface area contributed by atoms with Gasteiger partial charge in [0, 0.05) is 29.6 Å². The van der Waals surface area contributed by atoms with Gasteiger partial charge in [0.15, 0.2) is 0 Å². The number of nitrogens with one attached hydrogen (secondary N) is 1. The molecule has 1 atom stereocenters. The Hall–Kier alpha value is -3.41. The molecule has 0 bridgehead atoms. The first-order valence-corrected chi connectivity index (χ1v) is 10.0. The lowest BCUT2D eigenvalue weighted by Gasteiger charge is -2.09. The van der Waals surface area contributed by atoms with Crippen molar-refractivity contribution in [3.8, 4) is 0 Å². The van der Waals surface area contributed by atoms with Gasteiger partial charge >= 0.3 is 0 Å². The van der Waals surface area contributed by atoms with Gasteiger partial charge in [0.2, 0.25) is 0 Å². The average molecular weight is 405 g/mol. The zero-order valence-corrected chi connectivity index (χ0v) is 17.8. The number of carbonyl (C=O) groups is 1. The number of benzene rings is 1. The summed E-state index contributed by atoms with van der Waals surface area (Å²) < 4.78 is 6.70. The molecule has 1 amide bonds. The van der Waals surface area contributed by atoms with Crippen LogP contribution in [0.5, 0.6) is 0 Å². The molecule has 2 heterocycles. The highest BCUT2D eigenvalue weighted by Gasteiger charge is 2.09. The van der Waals surface area contributed by atoms with E-state index in [9.17, 15) is 9.59 Å². The third-order valence-corrected chi connectivity index (χ3v) is 5.16. The number of aromatic nitrogens is 2. The largest absolute Gasteiger partial charge is 0.364 e. The van der Waals surface area contributed by atoms with Crippen LogP contribution >= 0.6 is 0 Å². The third kappa shape index (κ3) is 4.76. The molecule has 3 rings (SSSR count). The summed E-state index contributed by atoms with van der Waals surface area (Å²) in [6.07, 6.45) is 8.18. The molecule has 0 fully saturated rings. The first-order chi connectivity index (χ1) is 14.4. The van der Waals surface area contributed by atoms with Crippen molar-refractivity contribution >= 4 is 18.1 Å². The minimum Gasteiger partial charge on any atom is -0.364 e. The Morgan fingerprint density at radius 2 is 2.13 bits per heavy atom. The predicted octanol–water partition coefficient (Wildman–Crippen LogP) is 2.01. The van der Waals surface area contributed by atoms with Crippen LogP contribution in [-0.2, 0) is 13.0 Å². The van der Waals surface area contributed by atoms with Crippen LogP contribution in [0.4, 0.5) is 0 Å². The lowest BCUT2D eigenvalue weighted by atomic mass is 10.0. The summed E-state index contributed by atoms with van der Waals surface area (Å²) >= 11 is 0. The lowest BCUT2D eigenvalue weighted by Crippen LogP contribution is -2.45. The molecule has 156 valence electrons. The summed E-state index contributed by atoms with van der Waals surface area (Å²) in [6, 6.07) is 9.27. The van der Waals surface area contributed by atoms with Crippen LogP contribution in [-0.4, -0.2) is 22.7 Å². The van der Waals surface area contributed by atoms with Gasteiger partial charge in [0.1, 0.15) is 6.26 Å². The fourth-order valence-corrected chi connectivity index (χ4v) is 3.50. The molecule has 0 spiro atoms. The van der Waals surface area contributed by atoms with Crippen molar-refractivity contribution in [2.24, 2.45) is 5.92 Å². The summed E-state index contributed by atoms with van der Waals surface area (Å²) in [4.78, 5) is 25.1. The van der Waals surface area contributed by atoms with E-state index in [4.69, 9.17) is 4.52 Å². The summed E-state index contributed by atoms with van der Waals surface area (Å²) in [5, 5.41) is 8.14. The van der Waals surface area contributed by atoms with Crippen LogP contribution < -0.4 is 21.3 Å². The standard InChI is InChI=1S/C24H27N3O3/c1-5-19-9-10-27(14-18-7-6-8-20(13-18)23(28)25-4)24(29)22(19)12-16(2)11-21-15-30-26-17(21)3/h5-10,12-13,15-16H,11,14H2,1-4H3,(H,25,28)/b19-5-,22-12+. The highest BCUT2D eigenvalue weighted by atomic mass is 16.5. The van der Waals surface area contributed by atoms with Crippen molar-refractivity contribution < 1.29 is 9.32 Å². The maximum Gasteiger partial charge on any atom is 0.258 e. The zero-order chi connectivity index (χ0) is 21.7. The zero-order valence-electron chi connectivity index (χ0n) is 17.8. The van der Waals surface area contributed by atoms with Crippen molar-refractivity contribution in [2.45, 2.75) is 33.7 Å². The molecule has 1 unspecified atom stereocenters. The van der Waals surface area contributed by atoms with E-state index in [1.807, 2.05) is 50.3 Å². The normalized spacial score (nSPS) is 13.5. The molecule has 0 aliphatic rings. The number of rotatable bonds is 6. The van der Waals surface area contributed by atoms with E-state index in [0.717, 1.165) is 28.5 Å². The molecule has 0 aliphatic carbocycles. The molecule has 3 aromatic rings. The van der Waals surface area contributed by atoms with Crippen LogP contribution in [0.2, 0.25) is 0 Å². The van der Waals surface area contributed by atoms with Crippen molar-refractivity contribution in [3.63, 3.8) is 0 Å². The number of nitrogens with zero attached hydrogens (tertiary/aromatic N) is 2. The third-order valence-electron chi connectivity index (χ3n) is 5.16. The summed E-state index contributed by atoms with van der Waals surface area (Å²) in [5.74, 6) is -0.00562. The Bertz CT molecular complexity index is 1220. The maximum absolute atomic E-state index is 13.2. The van der Waals surface area contributed by atoms with Gasteiger partial charge in [-0.2, -0.15) is 0 Å². The van der Waals surface area contributed by atoms with E-state index in [-0.39, 0.29) is 17.4 Å². The van der Waals surface area contributed by atoms with Crippen LogP contribution in [0, 0.1) is 12.8 Å². The fourth-order valence-electron chi connectivity index (χ4n) is 3.50. The van der Waals surface area contributed by atoms with E-state index in [1.54, 1.807) is 30.1 Å². The second kappa shape index (κ2) is 9.39. The summed E-state index contributed by atoms with van der Waals surface area (Å²) in [7, 11) is 1.60. The SMILES string of the molecule is C/C=c1/ccn(Cc2cccc(C(=O)NC)c2)c(=O)/c1=C/C(C)Cc1conc1C. The Kier molecular flexibility index (Phi) is 6.67. The van der Waals surface area contributed by atoms with Crippen LogP contribution in [0.25, 0.3) is 12.2 Å². The van der Waals surface area contributed by atoms with E-state index >= 15 is 0 Å². The number of pyridine rings is 1. The Balaban J connectivity index is 1.96. The van der Waals surface area contributed by atoms with Gasteiger partial charge in [-0.25, -0.2) is 0 Å². The maximum atomic E-state index is 13.2. The molecule has 30 heavy (non-hydrogen) atoms. The van der Waals surface area contributed by atoms with E-state index in [2.05, 4.69) is 17.4 Å². The highest BCUT2D eigenvalue weighted by Crippen LogP contribution is 2.12. The van der Waals surface area contributed by atoms with Gasteiger partial charge in [-0.3, -0.25) is 9.59 Å². The van der Waals surface area contributed by atoms with Gasteiger partial charge in [-0.15, -0.1) is 0 Å². The molecule has 6 nitrogen and oxygen atoms in total. The quantitative estimate of drug-likeness (QED) is 0.681. The molecule has 0 radical (unpaired) electrons. The second-order valence-electron chi connectivity index (χ2n) is 7.46. The minimum absolute atomic E-state index is 0.0511. The molecule has 1 aromatic carbocycles. The summed E-state index contributed by atoms with van der Waals surface area (Å²) in [5.41, 5.74) is 3.34. The molecular weight excluding hydrogens is 378 g/mol. The van der Waals surface area contributed by atoms with E-state index in [0.29, 0.717) is 17.3 Å². The average Bonchev–Trinajstić information content (AvgIpc) is 3.15. The predicted molar refractivity (Wildman–Crippen MR) is 118 cm³/mol. The number of aryl methyl sites for hydroxylation is 1. The molecule has 2 aromatic heterocycles. The Labute approximate surface area is 175 Å². The molecular formula is C24H27N3O3. The van der Waals surface area contributed by atoms with Gasteiger partial charge in [-0.05, 0) is 55.2 Å². The van der Waals surface area contributed by atoms with Gasteiger partial charge in [0.25, 0.3) is 11.5 Å². The van der Waals surface area contributed by atoms with Crippen LogP contribution in [0.1, 0.15) is 41.0 Å². The van der Waals surface area contributed by atoms with Crippen molar-refractivity contribution in [2.75, 3.05) is 7.05 Å². The van der Waals surface area contributed by atoms with Crippen molar-refractivity contribution in [3.05, 3.63) is 86.0 Å². The Morgan fingerprint density at radius 3 is 2.80 bits per heavy atom. The first-order valence-electron chi connectivity index (χ1n) is 10.0. The van der Waals surface area contributed by atoms with Crippen molar-refractivity contribution in [1.29, 1.82) is 0 Å². The second-order valence-corrected chi connectivity index (χ2v) is 7.46. The summed E-state index contributed by atoms with van der Waals surface area (Å²) in [6.45, 7) is 6.32. The molecule has 1 N–H and O–H groups in total. The van der Waals surface area contributed by atoms with Crippen LogP contribution in [0.15, 0.2) is 52.1 Å². The minimum atomic E-state index is -0.146. The van der Waals surface area contributed by atoms with Crippen LogP contribution in [0.3, 0.4) is 0 Å².